The van der Waals surface area contributed by atoms with E-state index < -0.39 is 23.9 Å². The largest absolute Gasteiger partial charge is 0.479 e. The van der Waals surface area contributed by atoms with Crippen LogP contribution in [-0.4, -0.2) is 34.4 Å². The molecule has 1 atom stereocenters. The SMILES string of the molecule is CC(C#N)C=NC(C(=O)O)C(=O)O. The highest BCUT2D eigenvalue weighted by molar-refractivity contribution is 5.98. The Morgan fingerprint density at radius 3 is 2.23 bits per heavy atom. The van der Waals surface area contributed by atoms with Crippen LogP contribution in [0.25, 0.3) is 0 Å². The lowest BCUT2D eigenvalue weighted by atomic mass is 10.2. The average molecular weight is 184 g/mol. The fourth-order valence-electron chi connectivity index (χ4n) is 0.482. The number of nitrogens with zero attached hydrogens (tertiary/aromatic N) is 2. The van der Waals surface area contributed by atoms with Crippen LogP contribution in [0.4, 0.5) is 0 Å². The third-order valence-electron chi connectivity index (χ3n) is 1.13. The molecule has 0 fully saturated rings. The molecule has 0 aromatic heterocycles. The summed E-state index contributed by atoms with van der Waals surface area (Å²) in [6.45, 7) is 1.48. The van der Waals surface area contributed by atoms with Crippen molar-refractivity contribution in [2.45, 2.75) is 13.0 Å². The van der Waals surface area contributed by atoms with Crippen LogP contribution < -0.4 is 0 Å². The van der Waals surface area contributed by atoms with Crippen LogP contribution in [0, 0.1) is 17.2 Å². The van der Waals surface area contributed by atoms with Crippen molar-refractivity contribution in [1.29, 1.82) is 5.26 Å². The smallest absolute Gasteiger partial charge is 0.340 e. The standard InChI is InChI=1S/C7H8N2O4/c1-4(2-8)3-9-5(6(10)11)7(12)13/h3-5H,1H3,(H,10,11)(H,12,13). The van der Waals surface area contributed by atoms with E-state index in [1.165, 1.54) is 6.92 Å². The molecule has 70 valence electrons. The molecule has 1 unspecified atom stereocenters. The van der Waals surface area contributed by atoms with Gasteiger partial charge in [0.05, 0.1) is 12.0 Å². The van der Waals surface area contributed by atoms with E-state index in [1.54, 1.807) is 6.07 Å². The van der Waals surface area contributed by atoms with E-state index in [4.69, 9.17) is 15.5 Å². The summed E-state index contributed by atoms with van der Waals surface area (Å²) in [5.41, 5.74) is 0. The van der Waals surface area contributed by atoms with Crippen molar-refractivity contribution < 1.29 is 19.8 Å². The van der Waals surface area contributed by atoms with Gasteiger partial charge >= 0.3 is 11.9 Å². The number of nitriles is 1. The maximum Gasteiger partial charge on any atom is 0.340 e. The Labute approximate surface area is 74.1 Å². The second-order valence-corrected chi connectivity index (χ2v) is 2.29. The molecule has 0 rings (SSSR count). The van der Waals surface area contributed by atoms with Crippen LogP contribution >= 0.6 is 0 Å². The third kappa shape index (κ3) is 3.86. The van der Waals surface area contributed by atoms with Crippen molar-refractivity contribution in [3.8, 4) is 6.07 Å². The number of carbonyl (C=O) groups is 2. The predicted octanol–water partition coefficient (Wildman–Crippen LogP) is -0.245. The van der Waals surface area contributed by atoms with E-state index in [0.717, 1.165) is 6.21 Å². The predicted molar refractivity (Wildman–Crippen MR) is 42.3 cm³/mol. The zero-order chi connectivity index (χ0) is 10.4. The summed E-state index contributed by atoms with van der Waals surface area (Å²) in [7, 11) is 0. The number of carboxylic acid groups (broad SMARTS) is 2. The second kappa shape index (κ2) is 4.87. The third-order valence-corrected chi connectivity index (χ3v) is 1.13. The fourth-order valence-corrected chi connectivity index (χ4v) is 0.482. The summed E-state index contributed by atoms with van der Waals surface area (Å²) in [6.07, 6.45) is 1.01. The van der Waals surface area contributed by atoms with Crippen molar-refractivity contribution in [3.63, 3.8) is 0 Å². The minimum Gasteiger partial charge on any atom is -0.479 e. The summed E-state index contributed by atoms with van der Waals surface area (Å²) in [5.74, 6) is -3.69. The molecule has 0 aliphatic rings. The molecule has 0 spiro atoms. The van der Waals surface area contributed by atoms with Gasteiger partial charge in [0.25, 0.3) is 0 Å². The van der Waals surface area contributed by atoms with Gasteiger partial charge < -0.3 is 10.2 Å². The highest BCUT2D eigenvalue weighted by Gasteiger charge is 2.23. The molecule has 13 heavy (non-hydrogen) atoms. The minimum absolute atomic E-state index is 0.596. The number of hydrogen-bond acceptors (Lipinski definition) is 4. The first-order valence-corrected chi connectivity index (χ1v) is 3.37. The van der Waals surface area contributed by atoms with Gasteiger partial charge in [-0.15, -0.1) is 0 Å². The van der Waals surface area contributed by atoms with Gasteiger partial charge in [-0.3, -0.25) is 4.99 Å². The molecule has 2 N–H and O–H groups in total. The highest BCUT2D eigenvalue weighted by atomic mass is 16.4. The number of carboxylic acids is 2. The van der Waals surface area contributed by atoms with Gasteiger partial charge in [0.1, 0.15) is 0 Å². The van der Waals surface area contributed by atoms with E-state index >= 15 is 0 Å². The van der Waals surface area contributed by atoms with E-state index in [1.807, 2.05) is 0 Å². The Kier molecular flexibility index (Phi) is 4.16. The molecule has 0 heterocycles. The average Bonchev–Trinajstić information content (AvgIpc) is 2.03. The summed E-state index contributed by atoms with van der Waals surface area (Å²) in [5, 5.41) is 25.0. The molecule has 6 nitrogen and oxygen atoms in total. The normalized spacial score (nSPS) is 12.7. The Hall–Kier alpha value is -1.90. The molecule has 0 radical (unpaired) electrons. The lowest BCUT2D eigenvalue weighted by Crippen LogP contribution is -2.28. The van der Waals surface area contributed by atoms with E-state index in [0.29, 0.717) is 0 Å². The first kappa shape index (κ1) is 11.1. The van der Waals surface area contributed by atoms with Crippen molar-refractivity contribution in [3.05, 3.63) is 0 Å². The van der Waals surface area contributed by atoms with Crippen LogP contribution in [0.2, 0.25) is 0 Å². The quantitative estimate of drug-likeness (QED) is 0.462. The van der Waals surface area contributed by atoms with Crippen LogP contribution in [0.15, 0.2) is 4.99 Å². The maximum absolute atomic E-state index is 10.3. The summed E-state index contributed by atoms with van der Waals surface area (Å²) in [4.78, 5) is 23.8. The van der Waals surface area contributed by atoms with Gasteiger partial charge in [0.2, 0.25) is 6.04 Å². The molecule has 0 saturated carbocycles. The van der Waals surface area contributed by atoms with Crippen molar-refractivity contribution >= 4 is 18.2 Å². The first-order valence-electron chi connectivity index (χ1n) is 3.37. The molecular weight excluding hydrogens is 176 g/mol. The molecule has 0 amide bonds. The summed E-state index contributed by atoms with van der Waals surface area (Å²) in [6, 6.07) is -0.0604. The minimum atomic E-state index is -1.82. The number of aliphatic carboxylic acids is 2. The number of hydrogen-bond donors (Lipinski definition) is 2. The molecule has 0 aliphatic heterocycles. The highest BCUT2D eigenvalue weighted by Crippen LogP contribution is 1.94. The molecule has 0 aliphatic carbocycles. The monoisotopic (exact) mass is 184 g/mol. The van der Waals surface area contributed by atoms with Crippen LogP contribution in [0.5, 0.6) is 0 Å². The summed E-state index contributed by atoms with van der Waals surface area (Å²) >= 11 is 0. The molecule has 0 saturated heterocycles. The number of rotatable bonds is 4. The number of aliphatic imine (C=N–C) groups is 1. The van der Waals surface area contributed by atoms with E-state index in [9.17, 15) is 9.59 Å². The summed E-state index contributed by atoms with van der Waals surface area (Å²) < 4.78 is 0. The van der Waals surface area contributed by atoms with Gasteiger partial charge in [0, 0.05) is 6.21 Å². The van der Waals surface area contributed by atoms with Gasteiger partial charge in [0.15, 0.2) is 0 Å². The first-order chi connectivity index (χ1) is 5.99. The lowest BCUT2D eigenvalue weighted by molar-refractivity contribution is -0.149. The van der Waals surface area contributed by atoms with Gasteiger partial charge in [-0.05, 0) is 6.92 Å². The lowest BCUT2D eigenvalue weighted by Gasteiger charge is -2.00. The molecular formula is C7H8N2O4. The Bertz CT molecular complexity index is 265. The van der Waals surface area contributed by atoms with E-state index in [-0.39, 0.29) is 0 Å². The van der Waals surface area contributed by atoms with Crippen LogP contribution in [0.3, 0.4) is 0 Å². The van der Waals surface area contributed by atoms with Crippen LogP contribution in [-0.2, 0) is 9.59 Å². The second-order valence-electron chi connectivity index (χ2n) is 2.29. The molecule has 0 aromatic rings. The fraction of sp³-hybridized carbons (Fsp3) is 0.429. The van der Waals surface area contributed by atoms with Gasteiger partial charge in [-0.1, -0.05) is 0 Å². The molecule has 0 bridgehead atoms. The zero-order valence-corrected chi connectivity index (χ0v) is 6.84. The van der Waals surface area contributed by atoms with Crippen molar-refractivity contribution in [1.82, 2.24) is 0 Å². The van der Waals surface area contributed by atoms with Crippen LogP contribution in [0.1, 0.15) is 6.92 Å². The van der Waals surface area contributed by atoms with Crippen molar-refractivity contribution in [2.24, 2.45) is 10.9 Å². The van der Waals surface area contributed by atoms with Gasteiger partial charge in [-0.25, -0.2) is 9.59 Å². The topological polar surface area (TPSA) is 111 Å². The Morgan fingerprint density at radius 1 is 1.46 bits per heavy atom. The Morgan fingerprint density at radius 2 is 1.92 bits per heavy atom. The maximum atomic E-state index is 10.3. The molecule has 0 aromatic carbocycles. The Balaban J connectivity index is 4.46. The zero-order valence-electron chi connectivity index (χ0n) is 6.84. The van der Waals surface area contributed by atoms with Crippen molar-refractivity contribution in [2.75, 3.05) is 0 Å². The molecule has 6 heteroatoms. The van der Waals surface area contributed by atoms with Gasteiger partial charge in [-0.2, -0.15) is 5.26 Å². The van der Waals surface area contributed by atoms with E-state index in [2.05, 4.69) is 4.99 Å².